The molecule has 0 saturated carbocycles. The summed E-state index contributed by atoms with van der Waals surface area (Å²) in [5, 5.41) is 2.67. The van der Waals surface area contributed by atoms with Crippen LogP contribution in [0.5, 0.6) is 0 Å². The molecule has 2 heteroatoms. The lowest BCUT2D eigenvalue weighted by molar-refractivity contribution is -0.109. The third-order valence-corrected chi connectivity index (χ3v) is 1.83. The van der Waals surface area contributed by atoms with Gasteiger partial charge in [0, 0.05) is 6.54 Å². The van der Waals surface area contributed by atoms with Crippen molar-refractivity contribution in [2.45, 2.75) is 46.5 Å². The zero-order chi connectivity index (χ0) is 9.45. The van der Waals surface area contributed by atoms with Gasteiger partial charge in [-0.25, -0.2) is 0 Å². The first kappa shape index (κ1) is 11.5. The SMILES string of the molecule is CC(C)(C)CCCCCNC=O. The topological polar surface area (TPSA) is 29.1 Å². The lowest BCUT2D eigenvalue weighted by Gasteiger charge is -2.17. The molecule has 0 aromatic heterocycles. The molecule has 1 amide bonds. The number of amides is 1. The molecule has 0 bridgehead atoms. The highest BCUT2D eigenvalue weighted by Gasteiger charge is 2.08. The van der Waals surface area contributed by atoms with Crippen LogP contribution in [0.4, 0.5) is 0 Å². The molecule has 0 atom stereocenters. The Morgan fingerprint density at radius 2 is 1.83 bits per heavy atom. The minimum absolute atomic E-state index is 0.456. The van der Waals surface area contributed by atoms with E-state index < -0.39 is 0 Å². The van der Waals surface area contributed by atoms with Crippen molar-refractivity contribution in [2.24, 2.45) is 5.41 Å². The fourth-order valence-corrected chi connectivity index (χ4v) is 1.12. The summed E-state index contributed by atoms with van der Waals surface area (Å²) in [5.74, 6) is 0. The molecule has 0 aromatic carbocycles. The second kappa shape index (κ2) is 6.04. The molecule has 0 aromatic rings. The van der Waals surface area contributed by atoms with Crippen molar-refractivity contribution in [2.75, 3.05) is 6.54 Å². The van der Waals surface area contributed by atoms with Crippen molar-refractivity contribution in [1.82, 2.24) is 5.32 Å². The van der Waals surface area contributed by atoms with Crippen LogP contribution in [0.2, 0.25) is 0 Å². The number of nitrogens with one attached hydrogen (secondary N) is 1. The Morgan fingerprint density at radius 3 is 2.33 bits per heavy atom. The van der Waals surface area contributed by atoms with Crippen LogP contribution < -0.4 is 5.32 Å². The maximum Gasteiger partial charge on any atom is 0.207 e. The van der Waals surface area contributed by atoms with E-state index in [1.54, 1.807) is 0 Å². The molecular formula is C10H21NO. The van der Waals surface area contributed by atoms with Gasteiger partial charge in [-0.3, -0.25) is 4.79 Å². The molecule has 0 heterocycles. The Balaban J connectivity index is 3.06. The molecule has 0 saturated heterocycles. The van der Waals surface area contributed by atoms with Crippen molar-refractivity contribution < 1.29 is 4.79 Å². The highest BCUT2D eigenvalue weighted by atomic mass is 16.1. The van der Waals surface area contributed by atoms with E-state index in [-0.39, 0.29) is 0 Å². The molecule has 0 aliphatic heterocycles. The Morgan fingerprint density at radius 1 is 1.17 bits per heavy atom. The summed E-state index contributed by atoms with van der Waals surface area (Å²) in [5.41, 5.74) is 0.456. The second-order valence-electron chi connectivity index (χ2n) is 4.44. The number of hydrogen-bond acceptors (Lipinski definition) is 1. The molecule has 0 radical (unpaired) electrons. The van der Waals surface area contributed by atoms with Crippen molar-refractivity contribution >= 4 is 6.41 Å². The monoisotopic (exact) mass is 171 g/mol. The van der Waals surface area contributed by atoms with Gasteiger partial charge in [-0.05, 0) is 18.3 Å². The predicted molar refractivity (Wildman–Crippen MR) is 52.0 cm³/mol. The molecule has 0 fully saturated rings. The van der Waals surface area contributed by atoms with Gasteiger partial charge in [0.2, 0.25) is 6.41 Å². The van der Waals surface area contributed by atoms with Crippen LogP contribution in [0, 0.1) is 5.41 Å². The van der Waals surface area contributed by atoms with Gasteiger partial charge in [-0.2, -0.15) is 0 Å². The van der Waals surface area contributed by atoms with Gasteiger partial charge < -0.3 is 5.32 Å². The third-order valence-electron chi connectivity index (χ3n) is 1.83. The maximum absolute atomic E-state index is 9.89. The van der Waals surface area contributed by atoms with E-state index in [2.05, 4.69) is 26.1 Å². The zero-order valence-electron chi connectivity index (χ0n) is 8.52. The van der Waals surface area contributed by atoms with Crippen LogP contribution in [0.25, 0.3) is 0 Å². The Hall–Kier alpha value is -0.530. The summed E-state index contributed by atoms with van der Waals surface area (Å²) in [6.45, 7) is 7.61. The summed E-state index contributed by atoms with van der Waals surface area (Å²) < 4.78 is 0. The van der Waals surface area contributed by atoms with E-state index in [9.17, 15) is 4.79 Å². The third kappa shape index (κ3) is 9.47. The number of rotatable bonds is 6. The largest absolute Gasteiger partial charge is 0.359 e. The van der Waals surface area contributed by atoms with Crippen LogP contribution in [0.15, 0.2) is 0 Å². The molecule has 2 nitrogen and oxygen atoms in total. The molecule has 1 N–H and O–H groups in total. The lowest BCUT2D eigenvalue weighted by Crippen LogP contribution is -2.12. The molecule has 0 spiro atoms. The lowest BCUT2D eigenvalue weighted by atomic mass is 9.89. The summed E-state index contributed by atoms with van der Waals surface area (Å²) in [7, 11) is 0. The fourth-order valence-electron chi connectivity index (χ4n) is 1.12. The summed E-state index contributed by atoms with van der Waals surface area (Å²) >= 11 is 0. The first-order chi connectivity index (χ1) is 5.56. The highest BCUT2D eigenvalue weighted by Crippen LogP contribution is 2.21. The minimum Gasteiger partial charge on any atom is -0.359 e. The van der Waals surface area contributed by atoms with E-state index >= 15 is 0 Å². The molecule has 72 valence electrons. The molecule has 0 aliphatic rings. The molecule has 12 heavy (non-hydrogen) atoms. The van der Waals surface area contributed by atoms with Gasteiger partial charge in [0.05, 0.1) is 0 Å². The Bertz CT molecular complexity index is 115. The second-order valence-corrected chi connectivity index (χ2v) is 4.44. The zero-order valence-corrected chi connectivity index (χ0v) is 8.52. The van der Waals surface area contributed by atoms with E-state index in [0.717, 1.165) is 19.4 Å². The van der Waals surface area contributed by atoms with E-state index in [4.69, 9.17) is 0 Å². The quantitative estimate of drug-likeness (QED) is 0.482. The van der Waals surface area contributed by atoms with Crippen LogP contribution >= 0.6 is 0 Å². The Labute approximate surface area is 75.7 Å². The average Bonchev–Trinajstić information content (AvgIpc) is 1.94. The van der Waals surface area contributed by atoms with Gasteiger partial charge in [-0.1, -0.05) is 33.6 Å². The highest BCUT2D eigenvalue weighted by molar-refractivity contribution is 5.45. The molecule has 0 rings (SSSR count). The summed E-state index contributed by atoms with van der Waals surface area (Å²) in [6, 6.07) is 0. The fraction of sp³-hybridized carbons (Fsp3) is 0.900. The minimum atomic E-state index is 0.456. The van der Waals surface area contributed by atoms with Crippen molar-refractivity contribution in [3.63, 3.8) is 0 Å². The van der Waals surface area contributed by atoms with Gasteiger partial charge in [0.1, 0.15) is 0 Å². The average molecular weight is 171 g/mol. The van der Waals surface area contributed by atoms with Crippen molar-refractivity contribution in [3.8, 4) is 0 Å². The number of carbonyl (C=O) groups excluding carboxylic acids is 1. The van der Waals surface area contributed by atoms with Gasteiger partial charge in [0.25, 0.3) is 0 Å². The molecule has 0 aliphatic carbocycles. The maximum atomic E-state index is 9.89. The molecule has 0 unspecified atom stereocenters. The van der Waals surface area contributed by atoms with E-state index in [1.807, 2.05) is 0 Å². The first-order valence-electron chi connectivity index (χ1n) is 4.73. The van der Waals surface area contributed by atoms with E-state index in [0.29, 0.717) is 5.41 Å². The number of hydrogen-bond donors (Lipinski definition) is 1. The first-order valence-corrected chi connectivity index (χ1v) is 4.73. The van der Waals surface area contributed by atoms with Gasteiger partial charge in [0.15, 0.2) is 0 Å². The van der Waals surface area contributed by atoms with E-state index in [1.165, 1.54) is 19.3 Å². The van der Waals surface area contributed by atoms with Crippen LogP contribution in [-0.4, -0.2) is 13.0 Å². The van der Waals surface area contributed by atoms with Crippen molar-refractivity contribution in [3.05, 3.63) is 0 Å². The number of carbonyl (C=O) groups is 1. The van der Waals surface area contributed by atoms with Crippen LogP contribution in [0.1, 0.15) is 46.5 Å². The number of unbranched alkanes of at least 4 members (excludes halogenated alkanes) is 2. The smallest absolute Gasteiger partial charge is 0.207 e. The Kier molecular flexibility index (Phi) is 5.77. The van der Waals surface area contributed by atoms with Gasteiger partial charge >= 0.3 is 0 Å². The standard InChI is InChI=1S/C10H21NO/c1-10(2,3)7-5-4-6-8-11-9-12/h9H,4-8H2,1-3H3,(H,11,12). The normalized spacial score (nSPS) is 11.2. The predicted octanol–water partition coefficient (Wildman–Crippen LogP) is 2.34. The van der Waals surface area contributed by atoms with Gasteiger partial charge in [-0.15, -0.1) is 0 Å². The summed E-state index contributed by atoms with van der Waals surface area (Å²) in [6.07, 6.45) is 5.63. The van der Waals surface area contributed by atoms with Crippen LogP contribution in [-0.2, 0) is 4.79 Å². The van der Waals surface area contributed by atoms with Crippen molar-refractivity contribution in [1.29, 1.82) is 0 Å². The summed E-state index contributed by atoms with van der Waals surface area (Å²) in [4.78, 5) is 9.89. The molecular weight excluding hydrogens is 150 g/mol. The van der Waals surface area contributed by atoms with Crippen LogP contribution in [0.3, 0.4) is 0 Å².